The first kappa shape index (κ1) is 21.1. The topological polar surface area (TPSA) is 82.1 Å². The lowest BCUT2D eigenvalue weighted by molar-refractivity contribution is -0.137. The summed E-state index contributed by atoms with van der Waals surface area (Å²) in [6.07, 6.45) is 2.89. The smallest absolute Gasteiger partial charge is 0.330 e. The van der Waals surface area contributed by atoms with E-state index in [2.05, 4.69) is 0 Å². The van der Waals surface area contributed by atoms with Crippen LogP contribution in [-0.2, 0) is 9.53 Å². The lowest BCUT2D eigenvalue weighted by atomic mass is 10.1. The molecule has 0 aliphatic carbocycles. The van der Waals surface area contributed by atoms with Gasteiger partial charge in [-0.05, 0) is 49.8 Å². The number of esters is 1. The summed E-state index contributed by atoms with van der Waals surface area (Å²) in [4.78, 5) is 37.6. The summed E-state index contributed by atoms with van der Waals surface area (Å²) in [5.41, 5.74) is 1.49. The average Bonchev–Trinajstić information content (AvgIpc) is 2.99. The Hall–Kier alpha value is -3.61. The number of rotatable bonds is 9. The number of imide groups is 1. The number of hydrogen-bond donors (Lipinski definition) is 0. The highest BCUT2D eigenvalue weighted by atomic mass is 16.5. The van der Waals surface area contributed by atoms with Gasteiger partial charge in [0.1, 0.15) is 6.61 Å². The van der Waals surface area contributed by atoms with Crippen LogP contribution in [0.4, 0.5) is 0 Å². The molecule has 0 atom stereocenters. The molecule has 0 saturated heterocycles. The molecule has 2 aromatic rings. The zero-order valence-electron chi connectivity index (χ0n) is 16.9. The maximum Gasteiger partial charge on any atom is 0.330 e. The fraction of sp³-hybridized carbons (Fsp3) is 0.261. The third kappa shape index (κ3) is 4.68. The van der Waals surface area contributed by atoms with Gasteiger partial charge in [-0.1, -0.05) is 18.2 Å². The molecule has 7 heteroatoms. The second-order valence-corrected chi connectivity index (χ2v) is 6.38. The normalized spacial score (nSPS) is 12.9. The molecule has 0 spiro atoms. The van der Waals surface area contributed by atoms with E-state index in [-0.39, 0.29) is 25.0 Å². The van der Waals surface area contributed by atoms with Crippen LogP contribution in [0.25, 0.3) is 6.08 Å². The van der Waals surface area contributed by atoms with Crippen LogP contribution in [0, 0.1) is 0 Å². The van der Waals surface area contributed by atoms with Gasteiger partial charge >= 0.3 is 5.97 Å². The van der Waals surface area contributed by atoms with Crippen molar-refractivity contribution >= 4 is 23.9 Å². The van der Waals surface area contributed by atoms with E-state index < -0.39 is 5.97 Å². The minimum Gasteiger partial charge on any atom is -0.490 e. The molecule has 1 aliphatic rings. The molecule has 0 N–H and O–H groups in total. The largest absolute Gasteiger partial charge is 0.490 e. The van der Waals surface area contributed by atoms with E-state index >= 15 is 0 Å². The van der Waals surface area contributed by atoms with E-state index in [1.54, 1.807) is 48.5 Å². The molecule has 2 amide bonds. The lowest BCUT2D eigenvalue weighted by Crippen LogP contribution is -2.33. The van der Waals surface area contributed by atoms with Gasteiger partial charge in [-0.15, -0.1) is 0 Å². The van der Waals surface area contributed by atoms with Crippen molar-refractivity contribution < 1.29 is 28.6 Å². The average molecular weight is 409 g/mol. The van der Waals surface area contributed by atoms with Gasteiger partial charge in [-0.25, -0.2) is 4.79 Å². The van der Waals surface area contributed by atoms with E-state index in [4.69, 9.17) is 14.2 Å². The lowest BCUT2D eigenvalue weighted by Gasteiger charge is -2.13. The number of carbonyl (C=O) groups is 3. The molecule has 0 bridgehead atoms. The SMILES string of the molecule is CCOc1ccc(/C=C/C(=O)OCCN2C(=O)c3ccccc3C2=O)cc1OCC. The van der Waals surface area contributed by atoms with Crippen LogP contribution in [0.2, 0.25) is 0 Å². The Kier molecular flexibility index (Phi) is 6.85. The Morgan fingerprint density at radius 2 is 1.57 bits per heavy atom. The number of amides is 2. The van der Waals surface area contributed by atoms with Crippen molar-refractivity contribution in [3.05, 3.63) is 65.2 Å². The van der Waals surface area contributed by atoms with Gasteiger partial charge in [0.15, 0.2) is 11.5 Å². The van der Waals surface area contributed by atoms with Crippen LogP contribution in [0.15, 0.2) is 48.5 Å². The number of hydrogen-bond acceptors (Lipinski definition) is 6. The van der Waals surface area contributed by atoms with Gasteiger partial charge in [0.2, 0.25) is 0 Å². The summed E-state index contributed by atoms with van der Waals surface area (Å²) in [5.74, 6) is -0.0842. The molecule has 1 aliphatic heterocycles. The Bertz CT molecular complexity index is 946. The van der Waals surface area contributed by atoms with Gasteiger partial charge < -0.3 is 14.2 Å². The summed E-state index contributed by atoms with van der Waals surface area (Å²) in [7, 11) is 0. The number of ether oxygens (including phenoxy) is 3. The highest BCUT2D eigenvalue weighted by molar-refractivity contribution is 6.21. The van der Waals surface area contributed by atoms with Crippen LogP contribution in [0.5, 0.6) is 11.5 Å². The molecule has 1 heterocycles. The highest BCUT2D eigenvalue weighted by Gasteiger charge is 2.34. The zero-order valence-corrected chi connectivity index (χ0v) is 16.9. The van der Waals surface area contributed by atoms with E-state index in [0.717, 1.165) is 10.5 Å². The van der Waals surface area contributed by atoms with Crippen LogP contribution in [-0.4, -0.2) is 49.0 Å². The van der Waals surface area contributed by atoms with Crippen molar-refractivity contribution in [2.75, 3.05) is 26.4 Å². The first-order valence-electron chi connectivity index (χ1n) is 9.74. The molecular weight excluding hydrogens is 386 g/mol. The maximum atomic E-state index is 12.3. The predicted octanol–water partition coefficient (Wildman–Crippen LogP) is 3.34. The van der Waals surface area contributed by atoms with Crippen molar-refractivity contribution in [1.82, 2.24) is 4.90 Å². The Balaban J connectivity index is 1.54. The van der Waals surface area contributed by atoms with Crippen LogP contribution in [0.3, 0.4) is 0 Å². The maximum absolute atomic E-state index is 12.3. The number of nitrogens with zero attached hydrogens (tertiary/aromatic N) is 1. The van der Waals surface area contributed by atoms with Gasteiger partial charge in [0, 0.05) is 6.08 Å². The summed E-state index contributed by atoms with van der Waals surface area (Å²) in [5, 5.41) is 0. The number of fused-ring (bicyclic) bond motifs is 1. The van der Waals surface area contributed by atoms with Crippen molar-refractivity contribution in [3.8, 4) is 11.5 Å². The molecular formula is C23H23NO6. The molecule has 0 unspecified atom stereocenters. The third-order valence-corrected chi connectivity index (χ3v) is 4.42. The predicted molar refractivity (Wildman–Crippen MR) is 111 cm³/mol. The Morgan fingerprint density at radius 3 is 2.20 bits per heavy atom. The van der Waals surface area contributed by atoms with E-state index in [0.29, 0.717) is 35.8 Å². The van der Waals surface area contributed by atoms with Gasteiger partial charge in [0.05, 0.1) is 30.9 Å². The van der Waals surface area contributed by atoms with Gasteiger partial charge in [-0.2, -0.15) is 0 Å². The minimum absolute atomic E-state index is 0.00344. The molecule has 0 saturated carbocycles. The first-order chi connectivity index (χ1) is 14.5. The van der Waals surface area contributed by atoms with Crippen LogP contribution >= 0.6 is 0 Å². The standard InChI is InChI=1S/C23H23NO6/c1-3-28-19-11-9-16(15-20(19)29-4-2)10-12-21(25)30-14-13-24-22(26)17-7-5-6-8-18(17)23(24)27/h5-12,15H,3-4,13-14H2,1-2H3/b12-10+. The zero-order chi connectivity index (χ0) is 21.5. The molecule has 7 nitrogen and oxygen atoms in total. The monoisotopic (exact) mass is 409 g/mol. The van der Waals surface area contributed by atoms with Crippen LogP contribution < -0.4 is 9.47 Å². The van der Waals surface area contributed by atoms with Crippen molar-refractivity contribution in [2.45, 2.75) is 13.8 Å². The molecule has 0 radical (unpaired) electrons. The fourth-order valence-electron chi connectivity index (χ4n) is 3.06. The molecule has 30 heavy (non-hydrogen) atoms. The van der Waals surface area contributed by atoms with Crippen molar-refractivity contribution in [1.29, 1.82) is 0 Å². The molecule has 0 aromatic heterocycles. The third-order valence-electron chi connectivity index (χ3n) is 4.42. The minimum atomic E-state index is -0.571. The Labute approximate surface area is 174 Å². The quantitative estimate of drug-likeness (QED) is 0.359. The van der Waals surface area contributed by atoms with Crippen LogP contribution in [0.1, 0.15) is 40.1 Å². The number of carbonyl (C=O) groups excluding carboxylic acids is 3. The summed E-state index contributed by atoms with van der Waals surface area (Å²) < 4.78 is 16.2. The molecule has 156 valence electrons. The molecule has 3 rings (SSSR count). The van der Waals surface area contributed by atoms with Crippen molar-refractivity contribution in [3.63, 3.8) is 0 Å². The fourth-order valence-corrected chi connectivity index (χ4v) is 3.06. The van der Waals surface area contributed by atoms with Crippen molar-refractivity contribution in [2.24, 2.45) is 0 Å². The summed E-state index contributed by atoms with van der Waals surface area (Å²) in [6.45, 7) is 4.71. The first-order valence-corrected chi connectivity index (χ1v) is 9.74. The van der Waals surface area contributed by atoms with E-state index in [1.165, 1.54) is 6.08 Å². The Morgan fingerprint density at radius 1 is 0.933 bits per heavy atom. The summed E-state index contributed by atoms with van der Waals surface area (Å²) in [6, 6.07) is 12.0. The molecule has 0 fully saturated rings. The molecule has 2 aromatic carbocycles. The van der Waals surface area contributed by atoms with Gasteiger partial charge in [0.25, 0.3) is 11.8 Å². The van der Waals surface area contributed by atoms with Gasteiger partial charge in [-0.3, -0.25) is 14.5 Å². The van der Waals surface area contributed by atoms with E-state index in [1.807, 2.05) is 13.8 Å². The second-order valence-electron chi connectivity index (χ2n) is 6.38. The summed E-state index contributed by atoms with van der Waals surface area (Å²) >= 11 is 0. The highest BCUT2D eigenvalue weighted by Crippen LogP contribution is 2.29. The second kappa shape index (κ2) is 9.73. The van der Waals surface area contributed by atoms with E-state index in [9.17, 15) is 14.4 Å². The number of benzene rings is 2.